The third-order valence-electron chi connectivity index (χ3n) is 2.96. The molecule has 1 aliphatic carbocycles. The first-order valence-corrected chi connectivity index (χ1v) is 7.12. The van der Waals surface area contributed by atoms with Crippen LogP contribution in [0.3, 0.4) is 0 Å². The highest BCUT2D eigenvalue weighted by Gasteiger charge is 2.23. The Morgan fingerprint density at radius 3 is 2.62 bits per heavy atom. The van der Waals surface area contributed by atoms with Gasteiger partial charge in [0.05, 0.1) is 5.75 Å². The third kappa shape index (κ3) is 4.43. The summed E-state index contributed by atoms with van der Waals surface area (Å²) in [7, 11) is 0. The number of urea groups is 1. The van der Waals surface area contributed by atoms with Crippen LogP contribution in [0.2, 0.25) is 0 Å². The maximum atomic E-state index is 11.5. The van der Waals surface area contributed by atoms with E-state index >= 15 is 0 Å². The van der Waals surface area contributed by atoms with Crippen LogP contribution in [0.4, 0.5) is 4.79 Å². The molecular formula is C11H20N2O2S. The number of nitrogens with one attached hydrogen (secondary N) is 2. The van der Waals surface area contributed by atoms with Crippen LogP contribution in [0.25, 0.3) is 0 Å². The van der Waals surface area contributed by atoms with Crippen LogP contribution in [0, 0.1) is 5.92 Å². The molecule has 0 radical (unpaired) electrons. The molecule has 2 atom stereocenters. The molecular weight excluding hydrogens is 224 g/mol. The lowest BCUT2D eigenvalue weighted by molar-refractivity contribution is -0.117. The minimum Gasteiger partial charge on any atom is -0.335 e. The van der Waals surface area contributed by atoms with Crippen molar-refractivity contribution in [1.29, 1.82) is 0 Å². The fourth-order valence-corrected chi connectivity index (χ4v) is 2.36. The SMILES string of the molecule is CSCC(=O)NC(=O)N[C@@H]1CCCC[C@@H]1C. The third-order valence-corrected chi connectivity index (χ3v) is 3.51. The quantitative estimate of drug-likeness (QED) is 0.795. The zero-order valence-corrected chi connectivity index (χ0v) is 10.7. The Morgan fingerprint density at radius 2 is 2.00 bits per heavy atom. The lowest BCUT2D eigenvalue weighted by Gasteiger charge is -2.29. The molecule has 0 aromatic heterocycles. The van der Waals surface area contributed by atoms with Crippen molar-refractivity contribution in [3.63, 3.8) is 0 Å². The van der Waals surface area contributed by atoms with E-state index in [9.17, 15) is 9.59 Å². The van der Waals surface area contributed by atoms with Gasteiger partial charge in [-0.15, -0.1) is 0 Å². The van der Waals surface area contributed by atoms with Crippen LogP contribution in [0.5, 0.6) is 0 Å². The van der Waals surface area contributed by atoms with E-state index in [2.05, 4.69) is 17.6 Å². The van der Waals surface area contributed by atoms with Gasteiger partial charge in [0.15, 0.2) is 0 Å². The van der Waals surface area contributed by atoms with Crippen molar-refractivity contribution in [1.82, 2.24) is 10.6 Å². The zero-order valence-electron chi connectivity index (χ0n) is 9.91. The average molecular weight is 244 g/mol. The highest BCUT2D eigenvalue weighted by Crippen LogP contribution is 2.23. The molecule has 0 unspecified atom stereocenters. The fraction of sp³-hybridized carbons (Fsp3) is 0.818. The van der Waals surface area contributed by atoms with Crippen molar-refractivity contribution in [2.75, 3.05) is 12.0 Å². The summed E-state index contributed by atoms with van der Waals surface area (Å²) in [5, 5.41) is 5.22. The van der Waals surface area contributed by atoms with Gasteiger partial charge in [-0.25, -0.2) is 4.79 Å². The van der Waals surface area contributed by atoms with Crippen molar-refractivity contribution in [3.8, 4) is 0 Å². The standard InChI is InChI=1S/C11H20N2O2S/c1-8-5-3-4-6-9(8)12-11(15)13-10(14)7-16-2/h8-9H,3-7H2,1-2H3,(H2,12,13,14,15)/t8-,9+/m0/s1. The van der Waals surface area contributed by atoms with Crippen LogP contribution in [-0.2, 0) is 4.79 Å². The van der Waals surface area contributed by atoms with E-state index < -0.39 is 0 Å². The molecule has 1 fully saturated rings. The van der Waals surface area contributed by atoms with Crippen LogP contribution in [0.15, 0.2) is 0 Å². The summed E-state index contributed by atoms with van der Waals surface area (Å²) >= 11 is 1.41. The number of thioether (sulfide) groups is 1. The van der Waals surface area contributed by atoms with E-state index in [0.717, 1.165) is 19.3 Å². The fourth-order valence-electron chi connectivity index (χ4n) is 2.03. The largest absolute Gasteiger partial charge is 0.335 e. The van der Waals surface area contributed by atoms with Crippen molar-refractivity contribution in [3.05, 3.63) is 0 Å². The van der Waals surface area contributed by atoms with Gasteiger partial charge in [-0.1, -0.05) is 19.8 Å². The molecule has 0 aliphatic heterocycles. The Morgan fingerprint density at radius 1 is 1.31 bits per heavy atom. The summed E-state index contributed by atoms with van der Waals surface area (Å²) < 4.78 is 0. The number of hydrogen-bond donors (Lipinski definition) is 2. The second-order valence-corrected chi connectivity index (χ2v) is 5.19. The Hall–Kier alpha value is -0.710. The Balaban J connectivity index is 2.30. The maximum absolute atomic E-state index is 11.5. The van der Waals surface area contributed by atoms with Gasteiger partial charge in [-0.3, -0.25) is 10.1 Å². The Kier molecular flexibility index (Phi) is 5.66. The first-order valence-electron chi connectivity index (χ1n) is 5.72. The van der Waals surface area contributed by atoms with Gasteiger partial charge >= 0.3 is 6.03 Å². The van der Waals surface area contributed by atoms with Crippen LogP contribution < -0.4 is 10.6 Å². The first kappa shape index (κ1) is 13.4. The molecule has 1 saturated carbocycles. The minimum atomic E-state index is -0.349. The molecule has 3 amide bonds. The molecule has 16 heavy (non-hydrogen) atoms. The molecule has 4 nitrogen and oxygen atoms in total. The van der Waals surface area contributed by atoms with Gasteiger partial charge < -0.3 is 5.32 Å². The number of rotatable bonds is 3. The van der Waals surface area contributed by atoms with E-state index in [1.165, 1.54) is 18.2 Å². The van der Waals surface area contributed by atoms with Gasteiger partial charge in [-0.2, -0.15) is 11.8 Å². The van der Waals surface area contributed by atoms with Gasteiger partial charge in [0.1, 0.15) is 0 Å². The predicted octanol–water partition coefficient (Wildman–Crippen LogP) is 1.75. The highest BCUT2D eigenvalue weighted by molar-refractivity contribution is 7.99. The predicted molar refractivity (Wildman–Crippen MR) is 66.5 cm³/mol. The van der Waals surface area contributed by atoms with Gasteiger partial charge in [0.2, 0.25) is 5.91 Å². The number of carbonyl (C=O) groups excluding carboxylic acids is 2. The molecule has 0 spiro atoms. The molecule has 1 aliphatic rings. The molecule has 0 saturated heterocycles. The highest BCUT2D eigenvalue weighted by atomic mass is 32.2. The molecule has 92 valence electrons. The van der Waals surface area contributed by atoms with E-state index in [-0.39, 0.29) is 18.0 Å². The second kappa shape index (κ2) is 6.78. The summed E-state index contributed by atoms with van der Waals surface area (Å²) in [4.78, 5) is 22.7. The summed E-state index contributed by atoms with van der Waals surface area (Å²) in [6.45, 7) is 2.15. The Bertz CT molecular complexity index is 258. The monoisotopic (exact) mass is 244 g/mol. The number of amides is 3. The summed E-state index contributed by atoms with van der Waals surface area (Å²) in [5.74, 6) is 0.608. The maximum Gasteiger partial charge on any atom is 0.321 e. The molecule has 2 N–H and O–H groups in total. The lowest BCUT2D eigenvalue weighted by atomic mass is 9.86. The minimum absolute atomic E-state index is 0.218. The molecule has 5 heteroatoms. The summed E-state index contributed by atoms with van der Waals surface area (Å²) in [6.07, 6.45) is 6.41. The van der Waals surface area contributed by atoms with Gasteiger partial charge in [-0.05, 0) is 25.0 Å². The normalized spacial score (nSPS) is 24.9. The number of carbonyl (C=O) groups is 2. The van der Waals surface area contributed by atoms with E-state index in [4.69, 9.17) is 0 Å². The molecule has 0 bridgehead atoms. The second-order valence-electron chi connectivity index (χ2n) is 4.32. The van der Waals surface area contributed by atoms with Crippen LogP contribution >= 0.6 is 11.8 Å². The number of imide groups is 1. The number of hydrogen-bond acceptors (Lipinski definition) is 3. The van der Waals surface area contributed by atoms with Crippen molar-refractivity contribution < 1.29 is 9.59 Å². The van der Waals surface area contributed by atoms with E-state index in [1.807, 2.05) is 6.26 Å². The topological polar surface area (TPSA) is 58.2 Å². The van der Waals surface area contributed by atoms with Crippen molar-refractivity contribution >= 4 is 23.7 Å². The molecule has 0 aromatic rings. The van der Waals surface area contributed by atoms with Crippen molar-refractivity contribution in [2.24, 2.45) is 5.92 Å². The molecule has 0 heterocycles. The Labute approximate surface area is 101 Å². The van der Waals surface area contributed by atoms with E-state index in [1.54, 1.807) is 0 Å². The smallest absolute Gasteiger partial charge is 0.321 e. The average Bonchev–Trinajstić information content (AvgIpc) is 2.21. The summed E-state index contributed by atoms with van der Waals surface area (Å²) in [6, 6.07) is -0.131. The van der Waals surface area contributed by atoms with Gasteiger partial charge in [0, 0.05) is 6.04 Å². The summed E-state index contributed by atoms with van der Waals surface area (Å²) in [5.41, 5.74) is 0. The zero-order chi connectivity index (χ0) is 12.0. The van der Waals surface area contributed by atoms with Crippen molar-refractivity contribution in [2.45, 2.75) is 38.6 Å². The molecule has 1 rings (SSSR count). The first-order chi connectivity index (χ1) is 7.63. The lowest BCUT2D eigenvalue weighted by Crippen LogP contribution is -2.48. The van der Waals surface area contributed by atoms with Crippen LogP contribution in [-0.4, -0.2) is 30.0 Å². The molecule has 0 aromatic carbocycles. The van der Waals surface area contributed by atoms with E-state index in [0.29, 0.717) is 11.7 Å². The van der Waals surface area contributed by atoms with Gasteiger partial charge in [0.25, 0.3) is 0 Å². The van der Waals surface area contributed by atoms with Crippen LogP contribution in [0.1, 0.15) is 32.6 Å².